The Morgan fingerprint density at radius 3 is 2.75 bits per heavy atom. The zero-order valence-electron chi connectivity index (χ0n) is 13.1. The summed E-state index contributed by atoms with van der Waals surface area (Å²) < 4.78 is 0. The van der Waals surface area contributed by atoms with Crippen LogP contribution in [0.4, 0.5) is 17.3 Å². The van der Waals surface area contributed by atoms with Crippen LogP contribution in [0, 0.1) is 6.92 Å². The summed E-state index contributed by atoms with van der Waals surface area (Å²) in [7, 11) is 0. The van der Waals surface area contributed by atoms with Crippen LogP contribution in [-0.2, 0) is 0 Å². The molecule has 4 rings (SSSR count). The van der Waals surface area contributed by atoms with Gasteiger partial charge >= 0.3 is 0 Å². The van der Waals surface area contributed by atoms with Crippen LogP contribution in [-0.4, -0.2) is 19.9 Å². The molecular formula is C18H16N6. The third-order valence-electron chi connectivity index (χ3n) is 3.80. The fourth-order valence-electron chi connectivity index (χ4n) is 2.64. The molecule has 118 valence electrons. The van der Waals surface area contributed by atoms with Crippen molar-refractivity contribution in [2.45, 2.75) is 6.92 Å². The fourth-order valence-corrected chi connectivity index (χ4v) is 2.64. The normalized spacial score (nSPS) is 10.9. The van der Waals surface area contributed by atoms with E-state index in [0.29, 0.717) is 11.6 Å². The van der Waals surface area contributed by atoms with Gasteiger partial charge in [0.05, 0.1) is 11.9 Å². The molecule has 0 saturated carbocycles. The summed E-state index contributed by atoms with van der Waals surface area (Å²) in [5.41, 5.74) is 10.8. The third kappa shape index (κ3) is 2.65. The molecule has 6 heteroatoms. The van der Waals surface area contributed by atoms with Crippen LogP contribution in [0.2, 0.25) is 0 Å². The monoisotopic (exact) mass is 316 g/mol. The molecule has 0 radical (unpaired) electrons. The molecule has 0 aliphatic carbocycles. The smallest absolute Gasteiger partial charge is 0.173 e. The summed E-state index contributed by atoms with van der Waals surface area (Å²) in [5, 5.41) is 4.39. The lowest BCUT2D eigenvalue weighted by Crippen LogP contribution is -2.02. The Balaban J connectivity index is 1.70. The lowest BCUT2D eigenvalue weighted by atomic mass is 10.2. The Labute approximate surface area is 138 Å². The van der Waals surface area contributed by atoms with Crippen LogP contribution in [0.3, 0.4) is 0 Å². The first-order valence-electron chi connectivity index (χ1n) is 7.58. The average molecular weight is 316 g/mol. The van der Waals surface area contributed by atoms with E-state index in [9.17, 15) is 0 Å². The summed E-state index contributed by atoms with van der Waals surface area (Å²) in [6.07, 6.45) is 5.11. The number of H-pyrrole nitrogens is 1. The van der Waals surface area contributed by atoms with Crippen LogP contribution in [0.1, 0.15) is 5.69 Å². The first-order chi connectivity index (χ1) is 11.7. The summed E-state index contributed by atoms with van der Waals surface area (Å²) in [5.74, 6) is 0.897. The van der Waals surface area contributed by atoms with Gasteiger partial charge in [0.15, 0.2) is 11.6 Å². The quantitative estimate of drug-likeness (QED) is 0.536. The minimum absolute atomic E-state index is 0.359. The number of hydrogen-bond acceptors (Lipinski definition) is 5. The number of hydrogen-bond donors (Lipinski definition) is 3. The molecule has 4 N–H and O–H groups in total. The SMILES string of the molecule is Cc1cc2cc(Nc3nc(-c4ccncc4)cnc3N)ccc2[nH]1. The Kier molecular flexibility index (Phi) is 3.35. The van der Waals surface area contributed by atoms with Crippen molar-refractivity contribution in [2.24, 2.45) is 0 Å². The molecule has 1 aromatic carbocycles. The summed E-state index contributed by atoms with van der Waals surface area (Å²) in [4.78, 5) is 16.2. The molecular weight excluding hydrogens is 300 g/mol. The molecule has 0 bridgehead atoms. The molecule has 0 fully saturated rings. The third-order valence-corrected chi connectivity index (χ3v) is 3.80. The summed E-state index contributed by atoms with van der Waals surface area (Å²) >= 11 is 0. The second-order valence-electron chi connectivity index (χ2n) is 5.60. The number of rotatable bonds is 3. The van der Waals surface area contributed by atoms with E-state index in [2.05, 4.69) is 37.4 Å². The topological polar surface area (TPSA) is 92.5 Å². The zero-order valence-corrected chi connectivity index (χ0v) is 13.1. The Morgan fingerprint density at radius 2 is 1.92 bits per heavy atom. The lowest BCUT2D eigenvalue weighted by molar-refractivity contribution is 1.20. The van der Waals surface area contributed by atoms with Crippen LogP contribution in [0.5, 0.6) is 0 Å². The van der Waals surface area contributed by atoms with Gasteiger partial charge in [0.1, 0.15) is 0 Å². The molecule has 3 heterocycles. The Bertz CT molecular complexity index is 1010. The van der Waals surface area contributed by atoms with Gasteiger partial charge in [-0.25, -0.2) is 9.97 Å². The molecule has 4 aromatic rings. The maximum Gasteiger partial charge on any atom is 0.173 e. The first kappa shape index (κ1) is 14.2. The van der Waals surface area contributed by atoms with Crippen molar-refractivity contribution in [3.05, 3.63) is 60.7 Å². The highest BCUT2D eigenvalue weighted by molar-refractivity contribution is 5.85. The largest absolute Gasteiger partial charge is 0.381 e. The maximum atomic E-state index is 5.98. The van der Waals surface area contributed by atoms with Crippen molar-refractivity contribution >= 4 is 28.2 Å². The summed E-state index contributed by atoms with van der Waals surface area (Å²) in [6.45, 7) is 2.04. The number of pyridine rings is 1. The van der Waals surface area contributed by atoms with E-state index in [4.69, 9.17) is 5.73 Å². The zero-order chi connectivity index (χ0) is 16.5. The summed E-state index contributed by atoms with van der Waals surface area (Å²) in [6, 6.07) is 11.9. The van der Waals surface area contributed by atoms with E-state index in [1.807, 2.05) is 31.2 Å². The lowest BCUT2D eigenvalue weighted by Gasteiger charge is -2.10. The van der Waals surface area contributed by atoms with Crippen LogP contribution in [0.25, 0.3) is 22.2 Å². The first-order valence-corrected chi connectivity index (χ1v) is 7.58. The second kappa shape index (κ2) is 5.66. The highest BCUT2D eigenvalue weighted by Crippen LogP contribution is 2.26. The molecule has 0 atom stereocenters. The van der Waals surface area contributed by atoms with Gasteiger partial charge in [-0.2, -0.15) is 0 Å². The number of aryl methyl sites for hydroxylation is 1. The highest BCUT2D eigenvalue weighted by atomic mass is 15.1. The van der Waals surface area contributed by atoms with Gasteiger partial charge in [-0.1, -0.05) is 0 Å². The number of aromatic nitrogens is 4. The molecule has 3 aromatic heterocycles. The molecule has 0 spiro atoms. The molecule has 0 aliphatic rings. The van der Waals surface area contributed by atoms with E-state index in [-0.39, 0.29) is 0 Å². The van der Waals surface area contributed by atoms with Crippen molar-refractivity contribution in [3.8, 4) is 11.3 Å². The number of nitrogens with two attached hydrogens (primary N) is 1. The predicted octanol–water partition coefficient (Wildman–Crippen LogP) is 3.65. The minimum Gasteiger partial charge on any atom is -0.381 e. The fraction of sp³-hybridized carbons (Fsp3) is 0.0556. The molecule has 0 saturated heterocycles. The van der Waals surface area contributed by atoms with E-state index >= 15 is 0 Å². The number of nitrogens with zero attached hydrogens (tertiary/aromatic N) is 3. The van der Waals surface area contributed by atoms with Gasteiger partial charge in [-0.05, 0) is 43.3 Å². The molecule has 0 unspecified atom stereocenters. The van der Waals surface area contributed by atoms with Gasteiger partial charge in [0, 0.05) is 40.2 Å². The number of aromatic amines is 1. The number of fused-ring (bicyclic) bond motifs is 1. The Morgan fingerprint density at radius 1 is 1.08 bits per heavy atom. The minimum atomic E-state index is 0.359. The molecule has 0 amide bonds. The maximum absolute atomic E-state index is 5.98. The predicted molar refractivity (Wildman–Crippen MR) is 96.0 cm³/mol. The van der Waals surface area contributed by atoms with Gasteiger partial charge in [0.25, 0.3) is 0 Å². The van der Waals surface area contributed by atoms with Gasteiger partial charge < -0.3 is 16.0 Å². The number of nitrogen functional groups attached to an aromatic ring is 1. The van der Waals surface area contributed by atoms with E-state index in [0.717, 1.165) is 33.5 Å². The molecule has 6 nitrogen and oxygen atoms in total. The Hall–Kier alpha value is -3.41. The van der Waals surface area contributed by atoms with E-state index in [1.165, 1.54) is 0 Å². The van der Waals surface area contributed by atoms with Gasteiger partial charge in [-0.15, -0.1) is 0 Å². The van der Waals surface area contributed by atoms with Crippen LogP contribution in [0.15, 0.2) is 55.0 Å². The average Bonchev–Trinajstić information content (AvgIpc) is 2.97. The van der Waals surface area contributed by atoms with E-state index in [1.54, 1.807) is 18.6 Å². The van der Waals surface area contributed by atoms with E-state index < -0.39 is 0 Å². The van der Waals surface area contributed by atoms with Gasteiger partial charge in [0.2, 0.25) is 0 Å². The van der Waals surface area contributed by atoms with Gasteiger partial charge in [-0.3, -0.25) is 4.98 Å². The molecule has 0 aliphatic heterocycles. The standard InChI is InChI=1S/C18H16N6/c1-11-8-13-9-14(2-3-15(13)22-11)23-18-17(19)21-10-16(24-18)12-4-6-20-7-5-12/h2-10,22H,1H3,(H2,19,21)(H,23,24). The van der Waals surface area contributed by atoms with Crippen molar-refractivity contribution in [1.29, 1.82) is 0 Å². The number of anilines is 3. The highest BCUT2D eigenvalue weighted by Gasteiger charge is 2.08. The van der Waals surface area contributed by atoms with Crippen molar-refractivity contribution in [2.75, 3.05) is 11.1 Å². The van der Waals surface area contributed by atoms with Crippen molar-refractivity contribution in [3.63, 3.8) is 0 Å². The number of nitrogens with one attached hydrogen (secondary N) is 2. The van der Waals surface area contributed by atoms with Crippen LogP contribution >= 0.6 is 0 Å². The number of benzene rings is 1. The molecule has 24 heavy (non-hydrogen) atoms. The second-order valence-corrected chi connectivity index (χ2v) is 5.60. The van der Waals surface area contributed by atoms with Crippen LogP contribution < -0.4 is 11.1 Å². The van der Waals surface area contributed by atoms with Crippen molar-refractivity contribution in [1.82, 2.24) is 19.9 Å². The van der Waals surface area contributed by atoms with Crippen molar-refractivity contribution < 1.29 is 0 Å².